The van der Waals surface area contributed by atoms with Gasteiger partial charge in [-0.05, 0) is 19.8 Å². The molecule has 3 N–H and O–H groups in total. The number of nitrogens with one attached hydrogen (secondary N) is 1. The number of amides is 1. The van der Waals surface area contributed by atoms with Crippen molar-refractivity contribution in [3.05, 3.63) is 42.4 Å². The van der Waals surface area contributed by atoms with E-state index < -0.39 is 5.54 Å². The normalized spacial score (nSPS) is 24.3. The molecular formula is C18H23N3O2. The van der Waals surface area contributed by atoms with E-state index in [0.29, 0.717) is 12.3 Å². The predicted molar refractivity (Wildman–Crippen MR) is 88.3 cm³/mol. The number of hydrogen-bond acceptors (Lipinski definition) is 4. The number of aromatic nitrogens is 1. The Hall–Kier alpha value is -2.14. The summed E-state index contributed by atoms with van der Waals surface area (Å²) < 4.78 is 5.48. The zero-order valence-electron chi connectivity index (χ0n) is 13.4. The molecular weight excluding hydrogens is 290 g/mol. The number of nitrogens with two attached hydrogens (primary N) is 1. The minimum absolute atomic E-state index is 0.0108. The second-order valence-corrected chi connectivity index (χ2v) is 6.52. The van der Waals surface area contributed by atoms with Gasteiger partial charge in [-0.2, -0.15) is 0 Å². The summed E-state index contributed by atoms with van der Waals surface area (Å²) in [6.45, 7) is 2.33. The Morgan fingerprint density at radius 2 is 2.17 bits per heavy atom. The van der Waals surface area contributed by atoms with Gasteiger partial charge >= 0.3 is 0 Å². The van der Waals surface area contributed by atoms with Crippen molar-refractivity contribution in [2.75, 3.05) is 0 Å². The average Bonchev–Trinajstić information content (AvgIpc) is 3.01. The molecule has 2 aromatic rings. The van der Waals surface area contributed by atoms with E-state index in [2.05, 4.69) is 10.3 Å². The van der Waals surface area contributed by atoms with Crippen molar-refractivity contribution in [2.24, 2.45) is 11.7 Å². The number of hydrogen-bond donors (Lipinski definition) is 2. The van der Waals surface area contributed by atoms with Crippen LogP contribution in [0.15, 0.2) is 41.1 Å². The molecule has 1 saturated carbocycles. The zero-order chi connectivity index (χ0) is 16.3. The number of carbonyl (C=O) groups is 1. The van der Waals surface area contributed by atoms with Gasteiger partial charge < -0.3 is 15.5 Å². The molecule has 5 nitrogen and oxygen atoms in total. The molecule has 5 heteroatoms. The summed E-state index contributed by atoms with van der Waals surface area (Å²) in [5.74, 6) is 0.574. The van der Waals surface area contributed by atoms with Gasteiger partial charge in [-0.25, -0.2) is 4.98 Å². The maximum atomic E-state index is 12.5. The number of rotatable bonds is 4. The van der Waals surface area contributed by atoms with Crippen molar-refractivity contribution in [2.45, 2.75) is 44.7 Å². The monoisotopic (exact) mass is 313 g/mol. The summed E-state index contributed by atoms with van der Waals surface area (Å²) in [6.07, 6.45) is 5.31. The van der Waals surface area contributed by atoms with Gasteiger partial charge in [-0.15, -0.1) is 0 Å². The van der Waals surface area contributed by atoms with Gasteiger partial charge in [0.15, 0.2) is 12.2 Å². The lowest BCUT2D eigenvalue weighted by Gasteiger charge is -2.37. The molecule has 0 spiro atoms. The van der Waals surface area contributed by atoms with E-state index in [0.717, 1.165) is 36.9 Å². The van der Waals surface area contributed by atoms with Gasteiger partial charge in [-0.1, -0.05) is 43.2 Å². The summed E-state index contributed by atoms with van der Waals surface area (Å²) >= 11 is 0. The van der Waals surface area contributed by atoms with Crippen LogP contribution >= 0.6 is 0 Å². The molecule has 0 radical (unpaired) electrons. The highest BCUT2D eigenvalue weighted by Crippen LogP contribution is 2.31. The number of benzene rings is 1. The first-order valence-electron chi connectivity index (χ1n) is 8.12. The Balaban J connectivity index is 1.67. The van der Waals surface area contributed by atoms with Crippen LogP contribution in [0.4, 0.5) is 0 Å². The highest BCUT2D eigenvalue weighted by atomic mass is 16.3. The molecule has 0 aliphatic heterocycles. The van der Waals surface area contributed by atoms with Crippen LogP contribution < -0.4 is 11.1 Å². The minimum Gasteiger partial charge on any atom is -0.443 e. The molecule has 23 heavy (non-hydrogen) atoms. The number of oxazole rings is 1. The second kappa shape index (κ2) is 6.54. The van der Waals surface area contributed by atoms with Crippen LogP contribution in [0.1, 0.15) is 38.3 Å². The molecule has 1 aromatic heterocycles. The topological polar surface area (TPSA) is 81.2 Å². The van der Waals surface area contributed by atoms with Crippen LogP contribution in [0, 0.1) is 5.92 Å². The fourth-order valence-corrected chi connectivity index (χ4v) is 3.30. The first kappa shape index (κ1) is 15.7. The third-order valence-electron chi connectivity index (χ3n) is 4.68. The fourth-order valence-electron chi connectivity index (χ4n) is 3.30. The maximum Gasteiger partial charge on any atom is 0.225 e. The molecule has 3 rings (SSSR count). The smallest absolute Gasteiger partial charge is 0.225 e. The van der Waals surface area contributed by atoms with Crippen molar-refractivity contribution in [1.29, 1.82) is 0 Å². The van der Waals surface area contributed by atoms with Crippen LogP contribution in [-0.4, -0.2) is 16.4 Å². The Bertz CT molecular complexity index is 664. The van der Waals surface area contributed by atoms with Gasteiger partial charge in [-0.3, -0.25) is 4.79 Å². The van der Waals surface area contributed by atoms with Gasteiger partial charge in [0.05, 0.1) is 12.5 Å². The SMILES string of the molecule is CC1(N)CCCCC1C(=O)NCc1ncoc1-c1ccccc1. The summed E-state index contributed by atoms with van der Waals surface area (Å²) in [5, 5.41) is 2.98. The van der Waals surface area contributed by atoms with Crippen molar-refractivity contribution in [3.63, 3.8) is 0 Å². The number of nitrogens with zero attached hydrogens (tertiary/aromatic N) is 1. The van der Waals surface area contributed by atoms with Gasteiger partial charge in [0.2, 0.25) is 5.91 Å². The highest BCUT2D eigenvalue weighted by Gasteiger charge is 2.37. The van der Waals surface area contributed by atoms with Crippen molar-refractivity contribution in [1.82, 2.24) is 10.3 Å². The van der Waals surface area contributed by atoms with E-state index in [1.54, 1.807) is 0 Å². The molecule has 1 fully saturated rings. The average molecular weight is 313 g/mol. The van der Waals surface area contributed by atoms with Crippen molar-refractivity contribution < 1.29 is 9.21 Å². The first-order valence-corrected chi connectivity index (χ1v) is 8.12. The Morgan fingerprint density at radius 3 is 2.91 bits per heavy atom. The van der Waals surface area contributed by atoms with Crippen molar-refractivity contribution >= 4 is 5.91 Å². The highest BCUT2D eigenvalue weighted by molar-refractivity contribution is 5.80. The molecule has 1 aliphatic rings. The van der Waals surface area contributed by atoms with E-state index in [-0.39, 0.29) is 11.8 Å². The van der Waals surface area contributed by atoms with E-state index in [4.69, 9.17) is 10.2 Å². The second-order valence-electron chi connectivity index (χ2n) is 6.52. The van der Waals surface area contributed by atoms with Crippen molar-refractivity contribution in [3.8, 4) is 11.3 Å². The molecule has 1 aliphatic carbocycles. The lowest BCUT2D eigenvalue weighted by atomic mass is 9.74. The standard InChI is InChI=1S/C18H23N3O2/c1-18(19)10-6-5-9-14(18)17(22)20-11-15-16(23-12-21-15)13-7-3-2-4-8-13/h2-4,7-8,12,14H,5-6,9-11,19H2,1H3,(H,20,22). The van der Waals surface area contributed by atoms with Crippen LogP contribution in [0.2, 0.25) is 0 Å². The van der Waals surface area contributed by atoms with Crippen LogP contribution in [0.3, 0.4) is 0 Å². The molecule has 2 unspecified atom stereocenters. The van der Waals surface area contributed by atoms with Crippen LogP contribution in [0.25, 0.3) is 11.3 Å². The molecule has 1 aromatic carbocycles. The molecule has 1 heterocycles. The summed E-state index contributed by atoms with van der Waals surface area (Å²) in [7, 11) is 0. The summed E-state index contributed by atoms with van der Waals surface area (Å²) in [4.78, 5) is 16.7. The third-order valence-corrected chi connectivity index (χ3v) is 4.68. The lowest BCUT2D eigenvalue weighted by molar-refractivity contribution is -0.128. The third kappa shape index (κ3) is 3.45. The Kier molecular flexibility index (Phi) is 4.48. The Labute approximate surface area is 136 Å². The van der Waals surface area contributed by atoms with Gasteiger partial charge in [0, 0.05) is 11.1 Å². The fraction of sp³-hybridized carbons (Fsp3) is 0.444. The summed E-state index contributed by atoms with van der Waals surface area (Å²) in [6, 6.07) is 9.77. The lowest BCUT2D eigenvalue weighted by Crippen LogP contribution is -2.52. The molecule has 1 amide bonds. The van der Waals surface area contributed by atoms with E-state index in [1.807, 2.05) is 37.3 Å². The predicted octanol–water partition coefficient (Wildman–Crippen LogP) is 2.87. The van der Waals surface area contributed by atoms with E-state index in [9.17, 15) is 4.79 Å². The minimum atomic E-state index is -0.422. The molecule has 0 saturated heterocycles. The van der Waals surface area contributed by atoms with Crippen LogP contribution in [-0.2, 0) is 11.3 Å². The van der Waals surface area contributed by atoms with Gasteiger partial charge in [0.25, 0.3) is 0 Å². The number of carbonyl (C=O) groups excluding carboxylic acids is 1. The summed E-state index contributed by atoms with van der Waals surface area (Å²) in [5.41, 5.74) is 7.57. The molecule has 122 valence electrons. The van der Waals surface area contributed by atoms with E-state index in [1.165, 1.54) is 6.39 Å². The van der Waals surface area contributed by atoms with E-state index >= 15 is 0 Å². The molecule has 0 bridgehead atoms. The maximum absolute atomic E-state index is 12.5. The Morgan fingerprint density at radius 1 is 1.39 bits per heavy atom. The quantitative estimate of drug-likeness (QED) is 0.909. The first-order chi connectivity index (χ1) is 11.1. The largest absolute Gasteiger partial charge is 0.443 e. The van der Waals surface area contributed by atoms with Gasteiger partial charge in [0.1, 0.15) is 5.69 Å². The zero-order valence-corrected chi connectivity index (χ0v) is 13.4. The molecule has 2 atom stereocenters. The van der Waals surface area contributed by atoms with Crippen LogP contribution in [0.5, 0.6) is 0 Å².